The van der Waals surface area contributed by atoms with Gasteiger partial charge in [0.05, 0.1) is 0 Å². The maximum atomic E-state index is 9.33. The minimum Gasteiger partial charge on any atom is -0.508 e. The van der Waals surface area contributed by atoms with Gasteiger partial charge in [-0.2, -0.15) is 0 Å². The molecular weight excluding hydrogens is 328 g/mol. The van der Waals surface area contributed by atoms with Crippen LogP contribution in [0, 0.1) is 0 Å². The summed E-state index contributed by atoms with van der Waals surface area (Å²) in [4.78, 5) is 2.36. The van der Waals surface area contributed by atoms with Crippen molar-refractivity contribution < 1.29 is 5.11 Å². The molecule has 0 aromatic heterocycles. The average Bonchev–Trinajstić information content (AvgIpc) is 2.58. The molecule has 1 saturated heterocycles. The van der Waals surface area contributed by atoms with Crippen molar-refractivity contribution in [2.24, 2.45) is 0 Å². The van der Waals surface area contributed by atoms with Gasteiger partial charge in [-0.1, -0.05) is 23.9 Å². The van der Waals surface area contributed by atoms with Crippen molar-refractivity contribution in [1.29, 1.82) is 0 Å². The van der Waals surface area contributed by atoms with E-state index in [0.717, 1.165) is 4.90 Å². The summed E-state index contributed by atoms with van der Waals surface area (Å²) in [6.07, 6.45) is 1.31. The molecule has 2 aromatic rings. The zero-order valence-electron chi connectivity index (χ0n) is 12.4. The standard InChI is InChI=1S/C18H18OS3/c1-13(18-20-11-2-12-21-18)14-3-7-16(8-4-14)22-17-9-5-15(19)6-10-17/h3-10,19H,2,11-12H2,1H3. The van der Waals surface area contributed by atoms with Crippen LogP contribution in [-0.2, 0) is 0 Å². The van der Waals surface area contributed by atoms with Gasteiger partial charge in [0.2, 0.25) is 0 Å². The topological polar surface area (TPSA) is 20.2 Å². The van der Waals surface area contributed by atoms with Crippen molar-refractivity contribution in [2.45, 2.75) is 23.1 Å². The van der Waals surface area contributed by atoms with Gasteiger partial charge in [0, 0.05) is 14.0 Å². The molecule has 1 heterocycles. The fraction of sp³-hybridized carbons (Fsp3) is 0.222. The summed E-state index contributed by atoms with van der Waals surface area (Å²) in [5.74, 6) is 2.80. The van der Waals surface area contributed by atoms with Crippen LogP contribution in [0.25, 0.3) is 5.57 Å². The molecule has 3 rings (SSSR count). The Kier molecular flexibility index (Phi) is 5.45. The highest BCUT2D eigenvalue weighted by molar-refractivity contribution is 8.23. The Morgan fingerprint density at radius 2 is 1.45 bits per heavy atom. The summed E-state index contributed by atoms with van der Waals surface area (Å²) in [6, 6.07) is 16.1. The quantitative estimate of drug-likeness (QED) is 0.724. The lowest BCUT2D eigenvalue weighted by molar-refractivity contribution is 0.475. The normalized spacial score (nSPS) is 14.9. The van der Waals surface area contributed by atoms with Crippen LogP contribution in [0.2, 0.25) is 0 Å². The lowest BCUT2D eigenvalue weighted by Gasteiger charge is -2.16. The van der Waals surface area contributed by atoms with E-state index in [9.17, 15) is 5.11 Å². The Morgan fingerprint density at radius 3 is 2.05 bits per heavy atom. The fourth-order valence-corrected chi connectivity index (χ4v) is 5.64. The monoisotopic (exact) mass is 346 g/mol. The number of phenols is 1. The fourth-order valence-electron chi connectivity index (χ4n) is 2.19. The largest absolute Gasteiger partial charge is 0.508 e. The van der Waals surface area contributed by atoms with E-state index in [1.165, 1.54) is 38.2 Å². The molecular formula is C18H18OS3. The Bertz CT molecular complexity index is 652. The molecule has 0 atom stereocenters. The van der Waals surface area contributed by atoms with Crippen molar-refractivity contribution in [1.82, 2.24) is 0 Å². The van der Waals surface area contributed by atoms with Crippen molar-refractivity contribution >= 4 is 40.9 Å². The molecule has 22 heavy (non-hydrogen) atoms. The van der Waals surface area contributed by atoms with Crippen LogP contribution < -0.4 is 0 Å². The van der Waals surface area contributed by atoms with E-state index in [0.29, 0.717) is 5.75 Å². The zero-order chi connectivity index (χ0) is 15.4. The van der Waals surface area contributed by atoms with Crippen LogP contribution in [0.3, 0.4) is 0 Å². The van der Waals surface area contributed by atoms with Crippen LogP contribution in [0.4, 0.5) is 0 Å². The number of allylic oxidation sites excluding steroid dienone is 1. The van der Waals surface area contributed by atoms with E-state index in [4.69, 9.17) is 0 Å². The summed E-state index contributed by atoms with van der Waals surface area (Å²) < 4.78 is 1.48. The van der Waals surface area contributed by atoms with E-state index in [-0.39, 0.29) is 0 Å². The van der Waals surface area contributed by atoms with Crippen LogP contribution in [0.5, 0.6) is 5.75 Å². The summed E-state index contributed by atoms with van der Waals surface area (Å²) in [5.41, 5.74) is 2.71. The molecule has 0 saturated carbocycles. The Labute approximate surface area is 144 Å². The molecule has 0 unspecified atom stereocenters. The molecule has 1 fully saturated rings. The molecule has 1 nitrogen and oxygen atoms in total. The van der Waals surface area contributed by atoms with E-state index in [2.05, 4.69) is 31.2 Å². The van der Waals surface area contributed by atoms with Gasteiger partial charge >= 0.3 is 0 Å². The van der Waals surface area contributed by atoms with Gasteiger partial charge in [-0.05, 0) is 72.4 Å². The second kappa shape index (κ2) is 7.53. The first-order valence-corrected chi connectivity index (χ1v) is 10.0. The lowest BCUT2D eigenvalue weighted by atomic mass is 10.1. The van der Waals surface area contributed by atoms with E-state index >= 15 is 0 Å². The van der Waals surface area contributed by atoms with Crippen molar-refractivity contribution in [2.75, 3.05) is 11.5 Å². The number of benzene rings is 2. The number of hydrogen-bond acceptors (Lipinski definition) is 4. The van der Waals surface area contributed by atoms with Gasteiger partial charge in [0.25, 0.3) is 0 Å². The first-order valence-electron chi connectivity index (χ1n) is 7.26. The van der Waals surface area contributed by atoms with Gasteiger partial charge in [-0.15, -0.1) is 23.5 Å². The van der Waals surface area contributed by atoms with Gasteiger partial charge in [-0.3, -0.25) is 0 Å². The van der Waals surface area contributed by atoms with Gasteiger partial charge < -0.3 is 5.11 Å². The minimum absolute atomic E-state index is 0.310. The number of thioether (sulfide) groups is 2. The first-order chi connectivity index (χ1) is 10.7. The predicted octanol–water partition coefficient (Wildman–Crippen LogP) is 6.10. The molecule has 4 heteroatoms. The smallest absolute Gasteiger partial charge is 0.115 e. The van der Waals surface area contributed by atoms with Crippen molar-refractivity contribution in [3.05, 3.63) is 58.3 Å². The number of aromatic hydroxyl groups is 1. The minimum atomic E-state index is 0.310. The third-order valence-corrected chi connectivity index (χ3v) is 7.27. The van der Waals surface area contributed by atoms with Crippen LogP contribution >= 0.6 is 35.3 Å². The maximum absolute atomic E-state index is 9.33. The maximum Gasteiger partial charge on any atom is 0.115 e. The molecule has 114 valence electrons. The molecule has 1 aliphatic heterocycles. The van der Waals surface area contributed by atoms with Gasteiger partial charge in [0.15, 0.2) is 0 Å². The first kappa shape index (κ1) is 15.9. The number of rotatable bonds is 3. The predicted molar refractivity (Wildman–Crippen MR) is 101 cm³/mol. The summed E-state index contributed by atoms with van der Waals surface area (Å²) in [6.45, 7) is 2.22. The highest BCUT2D eigenvalue weighted by atomic mass is 32.2. The van der Waals surface area contributed by atoms with Crippen LogP contribution in [-0.4, -0.2) is 16.6 Å². The Morgan fingerprint density at radius 1 is 0.909 bits per heavy atom. The third kappa shape index (κ3) is 4.06. The molecule has 0 radical (unpaired) electrons. The van der Waals surface area contributed by atoms with Crippen LogP contribution in [0.1, 0.15) is 18.9 Å². The zero-order valence-corrected chi connectivity index (χ0v) is 14.9. The second-order valence-corrected chi connectivity index (χ2v) is 8.70. The van der Waals surface area contributed by atoms with E-state index < -0.39 is 0 Å². The average molecular weight is 347 g/mol. The second-order valence-electron chi connectivity index (χ2n) is 5.08. The summed E-state index contributed by atoms with van der Waals surface area (Å²) in [7, 11) is 0. The molecule has 0 spiro atoms. The molecule has 0 bridgehead atoms. The molecule has 0 aliphatic carbocycles. The third-order valence-electron chi connectivity index (χ3n) is 3.42. The summed E-state index contributed by atoms with van der Waals surface area (Å²) >= 11 is 5.69. The van der Waals surface area contributed by atoms with E-state index in [1.807, 2.05) is 35.7 Å². The Balaban J connectivity index is 1.73. The molecule has 1 aliphatic rings. The number of phenolic OH excluding ortho intramolecular Hbond substituents is 1. The van der Waals surface area contributed by atoms with Gasteiger partial charge in [0.1, 0.15) is 5.75 Å². The highest BCUT2D eigenvalue weighted by Crippen LogP contribution is 2.40. The van der Waals surface area contributed by atoms with Gasteiger partial charge in [-0.25, -0.2) is 0 Å². The van der Waals surface area contributed by atoms with E-state index in [1.54, 1.807) is 23.9 Å². The highest BCUT2D eigenvalue weighted by Gasteiger charge is 2.11. The van der Waals surface area contributed by atoms with Crippen molar-refractivity contribution in [3.8, 4) is 5.75 Å². The molecule has 0 amide bonds. The molecule has 2 aromatic carbocycles. The Hall–Kier alpha value is -0.970. The summed E-state index contributed by atoms with van der Waals surface area (Å²) in [5, 5.41) is 9.33. The molecule has 1 N–H and O–H groups in total. The lowest BCUT2D eigenvalue weighted by Crippen LogP contribution is -1.94. The number of hydrogen-bond donors (Lipinski definition) is 1. The van der Waals surface area contributed by atoms with Crippen molar-refractivity contribution in [3.63, 3.8) is 0 Å². The SMILES string of the molecule is CC(=C1SCCCS1)c1ccc(Sc2ccc(O)cc2)cc1. The van der Waals surface area contributed by atoms with Crippen LogP contribution in [0.15, 0.2) is 62.6 Å².